The molecule has 60 valence electrons. The molecule has 0 aliphatic carbocycles. The van der Waals surface area contributed by atoms with E-state index in [2.05, 4.69) is 18.7 Å². The number of aliphatic hydroxyl groups excluding tert-OH is 1. The number of hydrogen-bond acceptors (Lipinski definition) is 2. The van der Waals surface area contributed by atoms with Gasteiger partial charge in [0.2, 0.25) is 0 Å². The molecule has 0 aromatic rings. The number of rotatable bonds is 3. The Balaban J connectivity index is 2.14. The summed E-state index contributed by atoms with van der Waals surface area (Å²) in [5.74, 6) is 2.22. The lowest BCUT2D eigenvalue weighted by atomic mass is 10.0. The van der Waals surface area contributed by atoms with Gasteiger partial charge in [-0.1, -0.05) is 6.92 Å². The highest BCUT2D eigenvalue weighted by Crippen LogP contribution is 2.34. The number of thioether (sulfide) groups is 1. The van der Waals surface area contributed by atoms with Gasteiger partial charge in [0, 0.05) is 11.9 Å². The third-order valence-corrected chi connectivity index (χ3v) is 3.79. The maximum absolute atomic E-state index is 8.60. The molecule has 0 radical (unpaired) electrons. The van der Waals surface area contributed by atoms with Crippen molar-refractivity contribution in [1.82, 2.24) is 0 Å². The fraction of sp³-hybridized carbons (Fsp3) is 1.00. The van der Waals surface area contributed by atoms with Gasteiger partial charge in [0.15, 0.2) is 0 Å². The van der Waals surface area contributed by atoms with E-state index in [1.165, 1.54) is 18.6 Å². The van der Waals surface area contributed by atoms with Crippen LogP contribution in [0.1, 0.15) is 26.2 Å². The van der Waals surface area contributed by atoms with E-state index < -0.39 is 0 Å². The summed E-state index contributed by atoms with van der Waals surface area (Å²) >= 11 is 2.08. The van der Waals surface area contributed by atoms with E-state index in [9.17, 15) is 0 Å². The topological polar surface area (TPSA) is 20.2 Å². The van der Waals surface area contributed by atoms with E-state index in [1.54, 1.807) is 0 Å². The average molecular weight is 160 g/mol. The van der Waals surface area contributed by atoms with Gasteiger partial charge in [-0.05, 0) is 30.9 Å². The fourth-order valence-electron chi connectivity index (χ4n) is 1.42. The van der Waals surface area contributed by atoms with Crippen LogP contribution >= 0.6 is 11.8 Å². The highest BCUT2D eigenvalue weighted by atomic mass is 32.2. The molecule has 0 aromatic carbocycles. The van der Waals surface area contributed by atoms with Gasteiger partial charge in [0.05, 0.1) is 0 Å². The minimum atomic E-state index is 0.365. The molecule has 2 atom stereocenters. The predicted octanol–water partition coefficient (Wildman–Crippen LogP) is 1.90. The van der Waals surface area contributed by atoms with Gasteiger partial charge in [0.1, 0.15) is 0 Å². The molecule has 1 heterocycles. The van der Waals surface area contributed by atoms with E-state index >= 15 is 0 Å². The molecule has 0 spiro atoms. The summed E-state index contributed by atoms with van der Waals surface area (Å²) in [4.78, 5) is 0. The Morgan fingerprint density at radius 3 is 2.90 bits per heavy atom. The molecule has 1 fully saturated rings. The third-order valence-electron chi connectivity index (χ3n) is 2.19. The summed E-state index contributed by atoms with van der Waals surface area (Å²) in [7, 11) is 0. The molecule has 2 heteroatoms. The van der Waals surface area contributed by atoms with Crippen molar-refractivity contribution in [3.63, 3.8) is 0 Å². The van der Waals surface area contributed by atoms with Crippen molar-refractivity contribution in [2.24, 2.45) is 5.92 Å². The molecule has 2 unspecified atom stereocenters. The van der Waals surface area contributed by atoms with Crippen LogP contribution in [0.15, 0.2) is 0 Å². The van der Waals surface area contributed by atoms with Gasteiger partial charge < -0.3 is 5.11 Å². The van der Waals surface area contributed by atoms with Crippen LogP contribution in [0.5, 0.6) is 0 Å². The molecule has 1 N–H and O–H groups in total. The zero-order valence-electron chi connectivity index (χ0n) is 6.55. The second-order valence-corrected chi connectivity index (χ2v) is 4.39. The van der Waals surface area contributed by atoms with Crippen LogP contribution in [0.4, 0.5) is 0 Å². The maximum atomic E-state index is 8.60. The summed E-state index contributed by atoms with van der Waals surface area (Å²) in [6.45, 7) is 2.69. The third kappa shape index (κ3) is 2.17. The van der Waals surface area contributed by atoms with Crippen LogP contribution in [0, 0.1) is 5.92 Å². The van der Waals surface area contributed by atoms with Crippen LogP contribution in [-0.4, -0.2) is 22.7 Å². The van der Waals surface area contributed by atoms with E-state index in [0.29, 0.717) is 6.61 Å². The Kier molecular flexibility index (Phi) is 3.57. The van der Waals surface area contributed by atoms with E-state index in [1.807, 2.05) is 0 Å². The van der Waals surface area contributed by atoms with Crippen molar-refractivity contribution >= 4 is 11.8 Å². The van der Waals surface area contributed by atoms with Gasteiger partial charge in [-0.2, -0.15) is 11.8 Å². The monoisotopic (exact) mass is 160 g/mol. The minimum absolute atomic E-state index is 0.365. The average Bonchev–Trinajstić information content (AvgIpc) is 2.31. The maximum Gasteiger partial charge on any atom is 0.0431 e. The predicted molar refractivity (Wildman–Crippen MR) is 46.3 cm³/mol. The zero-order valence-corrected chi connectivity index (χ0v) is 7.36. The molecule has 0 aromatic heterocycles. The molecule has 1 saturated heterocycles. The van der Waals surface area contributed by atoms with Crippen LogP contribution in [0.3, 0.4) is 0 Å². The molecule has 1 aliphatic heterocycles. The largest absolute Gasteiger partial charge is 0.396 e. The van der Waals surface area contributed by atoms with Crippen LogP contribution in [0.2, 0.25) is 0 Å². The highest BCUT2D eigenvalue weighted by molar-refractivity contribution is 8.00. The first-order valence-electron chi connectivity index (χ1n) is 4.07. The second-order valence-electron chi connectivity index (χ2n) is 3.04. The minimum Gasteiger partial charge on any atom is -0.396 e. The molecule has 1 rings (SSSR count). The van der Waals surface area contributed by atoms with Gasteiger partial charge in [0.25, 0.3) is 0 Å². The van der Waals surface area contributed by atoms with E-state index in [-0.39, 0.29) is 0 Å². The Labute approximate surface area is 67.2 Å². The summed E-state index contributed by atoms with van der Waals surface area (Å²) in [6.07, 6.45) is 3.57. The smallest absolute Gasteiger partial charge is 0.0431 e. The Morgan fingerprint density at radius 1 is 1.60 bits per heavy atom. The molecular weight excluding hydrogens is 144 g/mol. The summed E-state index contributed by atoms with van der Waals surface area (Å²) < 4.78 is 0. The second kappa shape index (κ2) is 4.24. The van der Waals surface area contributed by atoms with Crippen LogP contribution in [0.25, 0.3) is 0 Å². The normalized spacial score (nSPS) is 33.0. The van der Waals surface area contributed by atoms with Crippen LogP contribution < -0.4 is 0 Å². The number of aliphatic hydroxyl groups is 1. The quantitative estimate of drug-likeness (QED) is 0.680. The van der Waals surface area contributed by atoms with Gasteiger partial charge >= 0.3 is 0 Å². The van der Waals surface area contributed by atoms with Gasteiger partial charge in [-0.3, -0.25) is 0 Å². The molecule has 0 saturated carbocycles. The summed E-state index contributed by atoms with van der Waals surface area (Å²) in [6, 6.07) is 0. The lowest BCUT2D eigenvalue weighted by molar-refractivity contribution is 0.281. The lowest BCUT2D eigenvalue weighted by Crippen LogP contribution is -2.07. The van der Waals surface area contributed by atoms with Crippen molar-refractivity contribution in [2.75, 3.05) is 12.4 Å². The number of hydrogen-bond donors (Lipinski definition) is 1. The molecule has 1 nitrogen and oxygen atoms in total. The van der Waals surface area contributed by atoms with Gasteiger partial charge in [-0.15, -0.1) is 0 Å². The Morgan fingerprint density at radius 2 is 2.40 bits per heavy atom. The van der Waals surface area contributed by atoms with Crippen molar-refractivity contribution in [1.29, 1.82) is 0 Å². The molecule has 0 bridgehead atoms. The Hall–Kier alpha value is 0.310. The first-order valence-corrected chi connectivity index (χ1v) is 5.12. The molecule has 10 heavy (non-hydrogen) atoms. The molecule has 1 aliphatic rings. The molecular formula is C8H16OS. The lowest BCUT2D eigenvalue weighted by Gasteiger charge is -2.12. The van der Waals surface area contributed by atoms with E-state index in [4.69, 9.17) is 5.11 Å². The highest BCUT2D eigenvalue weighted by Gasteiger charge is 2.22. The fourth-order valence-corrected chi connectivity index (χ4v) is 3.02. The first kappa shape index (κ1) is 8.41. The van der Waals surface area contributed by atoms with Crippen molar-refractivity contribution in [3.8, 4) is 0 Å². The summed E-state index contributed by atoms with van der Waals surface area (Å²) in [5, 5.41) is 9.44. The van der Waals surface area contributed by atoms with Crippen LogP contribution in [-0.2, 0) is 0 Å². The first-order chi connectivity index (χ1) is 4.84. The molecule has 0 amide bonds. The van der Waals surface area contributed by atoms with E-state index in [0.717, 1.165) is 17.6 Å². The SMILES string of the molecule is CC1CCSC1CCCO. The standard InChI is InChI=1S/C8H16OS/c1-7-4-6-10-8(7)3-2-5-9/h7-9H,2-6H2,1H3. The van der Waals surface area contributed by atoms with Crippen molar-refractivity contribution < 1.29 is 5.11 Å². The van der Waals surface area contributed by atoms with Gasteiger partial charge in [-0.25, -0.2) is 0 Å². The zero-order chi connectivity index (χ0) is 7.40. The van der Waals surface area contributed by atoms with Crippen molar-refractivity contribution in [3.05, 3.63) is 0 Å². The summed E-state index contributed by atoms with van der Waals surface area (Å²) in [5.41, 5.74) is 0. The Bertz CT molecular complexity index is 95.3. The van der Waals surface area contributed by atoms with Crippen molar-refractivity contribution in [2.45, 2.75) is 31.4 Å².